The zero-order valence-corrected chi connectivity index (χ0v) is 34.7. The van der Waals surface area contributed by atoms with Gasteiger partial charge in [0.2, 0.25) is 11.8 Å². The molecule has 0 radical (unpaired) electrons. The number of hydrogen-bond donors (Lipinski definition) is 2. The van der Waals surface area contributed by atoms with Crippen LogP contribution in [-0.2, 0) is 28.7 Å². The second-order valence-electron chi connectivity index (χ2n) is 14.9. The molecule has 0 aliphatic heterocycles. The molecule has 0 unspecified atom stereocenters. The number of rotatable bonds is 9. The van der Waals surface area contributed by atoms with Crippen molar-refractivity contribution in [3.05, 3.63) is 101 Å². The molecule has 2 aliphatic rings. The number of hydrogen-bond acceptors (Lipinski definition) is 8. The van der Waals surface area contributed by atoms with Crippen LogP contribution in [0.25, 0.3) is 27.9 Å². The summed E-state index contributed by atoms with van der Waals surface area (Å²) >= 11 is 3.41. The van der Waals surface area contributed by atoms with Gasteiger partial charge in [0.15, 0.2) is 0 Å². The van der Waals surface area contributed by atoms with E-state index in [1.165, 1.54) is 26.0 Å². The van der Waals surface area contributed by atoms with Gasteiger partial charge in [0.05, 0.1) is 33.3 Å². The number of aliphatic carboxylic acids is 2. The van der Waals surface area contributed by atoms with Gasteiger partial charge in [-0.05, 0) is 75.4 Å². The third kappa shape index (κ3) is 12.7. The molecule has 15 heteroatoms. The number of carboxylic acid groups (broad SMARTS) is 2. The molecule has 0 amide bonds. The standard InChI is InChI=1S/C22H23F2NO4.C13H12BrNO2.C9H12F2O2/c1-14(29-15(2)26)18-6-5-17-4-3-16(13-19(17)25-18)7-8-21(20(27)28)9-11-22(23,24)12-10-21;1-8(17-9(2)16)12-6-4-10-3-5-11(14)7-13(10)15-12;1-2-8(7(12)13)3-5-9(10,11)6-4-8/h3-8,13-14H,9-12H2,1-2H3,(H,27,28);3-8H,1-2H3;2H,1,3-6H2,(H,12,13)/b8-7+;;/t14-;8-;/m11./s1. The number of ether oxygens (including phenoxy) is 2. The van der Waals surface area contributed by atoms with Crippen molar-refractivity contribution in [2.45, 2.75) is 103 Å². The lowest BCUT2D eigenvalue weighted by molar-refractivity contribution is -0.153. The Hall–Kier alpha value is -5.18. The Labute approximate surface area is 347 Å². The fourth-order valence-electron chi connectivity index (χ4n) is 6.77. The van der Waals surface area contributed by atoms with Crippen molar-refractivity contribution in [3.8, 4) is 0 Å². The van der Waals surface area contributed by atoms with Gasteiger partial charge in [0, 0.05) is 54.8 Å². The first-order chi connectivity index (χ1) is 27.6. The van der Waals surface area contributed by atoms with Gasteiger partial charge in [0.25, 0.3) is 0 Å². The fourth-order valence-corrected chi connectivity index (χ4v) is 7.12. The number of esters is 2. The van der Waals surface area contributed by atoms with Crippen molar-refractivity contribution in [1.29, 1.82) is 0 Å². The molecule has 2 fully saturated rings. The van der Waals surface area contributed by atoms with E-state index >= 15 is 0 Å². The predicted octanol–water partition coefficient (Wildman–Crippen LogP) is 11.2. The van der Waals surface area contributed by atoms with Crippen molar-refractivity contribution in [3.63, 3.8) is 0 Å². The summed E-state index contributed by atoms with van der Waals surface area (Å²) in [4.78, 5) is 53.6. The number of aromatic nitrogens is 2. The number of nitrogens with zero attached hydrogens (tertiary/aromatic N) is 2. The number of halogens is 5. The minimum atomic E-state index is -2.80. The van der Waals surface area contributed by atoms with Gasteiger partial charge in [-0.15, -0.1) is 6.58 Å². The minimum absolute atomic E-state index is 0.0150. The van der Waals surface area contributed by atoms with Crippen molar-refractivity contribution in [2.75, 3.05) is 0 Å². The van der Waals surface area contributed by atoms with Crippen LogP contribution in [-0.4, -0.2) is 55.9 Å². The molecule has 2 aliphatic carbocycles. The second kappa shape index (κ2) is 19.3. The summed E-state index contributed by atoms with van der Waals surface area (Å²) in [5.74, 6) is -8.31. The van der Waals surface area contributed by atoms with Crippen LogP contribution in [0.1, 0.15) is 108 Å². The van der Waals surface area contributed by atoms with Crippen LogP contribution in [0, 0.1) is 10.8 Å². The van der Waals surface area contributed by atoms with Gasteiger partial charge < -0.3 is 19.7 Å². The van der Waals surface area contributed by atoms with Crippen molar-refractivity contribution in [1.82, 2.24) is 9.97 Å². The van der Waals surface area contributed by atoms with Gasteiger partial charge in [-0.1, -0.05) is 64.5 Å². The molecule has 2 aromatic heterocycles. The number of fused-ring (bicyclic) bond motifs is 2. The maximum atomic E-state index is 13.5. The van der Waals surface area contributed by atoms with Gasteiger partial charge >= 0.3 is 23.9 Å². The molecule has 2 heterocycles. The van der Waals surface area contributed by atoms with Crippen LogP contribution < -0.4 is 0 Å². The highest BCUT2D eigenvalue weighted by atomic mass is 79.9. The van der Waals surface area contributed by atoms with E-state index in [2.05, 4.69) is 32.5 Å². The van der Waals surface area contributed by atoms with Crippen LogP contribution in [0.5, 0.6) is 0 Å². The first-order valence-electron chi connectivity index (χ1n) is 18.9. The molecule has 2 atom stereocenters. The topological polar surface area (TPSA) is 153 Å². The summed E-state index contributed by atoms with van der Waals surface area (Å²) in [5.41, 5.74) is 1.23. The molecule has 2 saturated carbocycles. The molecule has 6 rings (SSSR count). The SMILES string of the molecule is C=CC1(C(=O)O)CCC(F)(F)CC1.CC(=O)O[C@H](C)c1ccc2ccc(/C=C/C3(C(=O)O)CCC(F)(F)CC3)cc2n1.CC(=O)O[C@H](C)c1ccc2ccc(Br)cc2n1. The Morgan fingerprint density at radius 1 is 0.678 bits per heavy atom. The van der Waals surface area contributed by atoms with Crippen LogP contribution in [0.15, 0.2) is 83.9 Å². The summed E-state index contributed by atoms with van der Waals surface area (Å²) in [6.07, 6.45) is 1.85. The molecule has 316 valence electrons. The molecule has 0 saturated heterocycles. The fraction of sp³-hybridized carbons (Fsp3) is 0.409. The van der Waals surface area contributed by atoms with E-state index in [0.717, 1.165) is 32.0 Å². The largest absolute Gasteiger partial charge is 0.481 e. The smallest absolute Gasteiger partial charge is 0.313 e. The molecule has 2 aromatic carbocycles. The van der Waals surface area contributed by atoms with E-state index in [-0.39, 0.29) is 50.6 Å². The van der Waals surface area contributed by atoms with Gasteiger partial charge in [-0.25, -0.2) is 27.5 Å². The van der Waals surface area contributed by atoms with E-state index in [0.29, 0.717) is 11.2 Å². The van der Waals surface area contributed by atoms with Crippen LogP contribution in [0.4, 0.5) is 17.6 Å². The molecular weight excluding hydrogens is 840 g/mol. The molecule has 10 nitrogen and oxygen atoms in total. The zero-order chi connectivity index (χ0) is 43.8. The Balaban J connectivity index is 0.000000216. The lowest BCUT2D eigenvalue weighted by atomic mass is 9.72. The third-order valence-corrected chi connectivity index (χ3v) is 11.0. The summed E-state index contributed by atoms with van der Waals surface area (Å²) in [6, 6.07) is 18.9. The van der Waals surface area contributed by atoms with E-state index in [9.17, 15) is 41.8 Å². The maximum Gasteiger partial charge on any atom is 0.313 e. The number of pyridine rings is 2. The monoisotopic (exact) mass is 886 g/mol. The van der Waals surface area contributed by atoms with E-state index in [4.69, 9.17) is 14.6 Å². The summed E-state index contributed by atoms with van der Waals surface area (Å²) in [7, 11) is 0. The molecular formula is C44H47BrF4N2O8. The third-order valence-electron chi connectivity index (χ3n) is 10.5. The van der Waals surface area contributed by atoms with Crippen molar-refractivity contribution >= 4 is 67.7 Å². The van der Waals surface area contributed by atoms with Gasteiger partial charge in [-0.3, -0.25) is 19.2 Å². The number of alkyl halides is 4. The highest BCUT2D eigenvalue weighted by Gasteiger charge is 2.47. The zero-order valence-electron chi connectivity index (χ0n) is 33.2. The Bertz CT molecular complexity index is 2210. The van der Waals surface area contributed by atoms with Gasteiger partial charge in [-0.2, -0.15) is 0 Å². The van der Waals surface area contributed by atoms with E-state index in [1.54, 1.807) is 25.1 Å². The number of carbonyl (C=O) groups is 4. The molecule has 2 N–H and O–H groups in total. The average Bonchev–Trinajstić information content (AvgIpc) is 3.17. The highest BCUT2D eigenvalue weighted by molar-refractivity contribution is 9.10. The first kappa shape index (κ1) is 46.5. The molecule has 0 bridgehead atoms. The average molecular weight is 888 g/mol. The Morgan fingerprint density at radius 2 is 1.08 bits per heavy atom. The Morgan fingerprint density at radius 3 is 1.51 bits per heavy atom. The molecule has 4 aromatic rings. The first-order valence-corrected chi connectivity index (χ1v) is 19.7. The lowest BCUT2D eigenvalue weighted by Gasteiger charge is -2.34. The van der Waals surface area contributed by atoms with Crippen molar-refractivity contribution in [2.24, 2.45) is 10.8 Å². The lowest BCUT2D eigenvalue weighted by Crippen LogP contribution is -2.37. The van der Waals surface area contributed by atoms with Gasteiger partial charge in [0.1, 0.15) is 12.2 Å². The predicted molar refractivity (Wildman–Crippen MR) is 218 cm³/mol. The minimum Gasteiger partial charge on any atom is -0.481 e. The quantitative estimate of drug-likeness (QED) is 0.0943. The van der Waals surface area contributed by atoms with Crippen LogP contribution in [0.2, 0.25) is 0 Å². The van der Waals surface area contributed by atoms with Crippen LogP contribution in [0.3, 0.4) is 0 Å². The number of carbonyl (C=O) groups excluding carboxylic acids is 2. The van der Waals surface area contributed by atoms with Crippen molar-refractivity contribution < 1.29 is 56.4 Å². The van der Waals surface area contributed by atoms with E-state index in [1.807, 2.05) is 55.5 Å². The highest BCUT2D eigenvalue weighted by Crippen LogP contribution is 2.46. The summed E-state index contributed by atoms with van der Waals surface area (Å²) in [5, 5.41) is 20.4. The molecule has 0 spiro atoms. The molecule has 59 heavy (non-hydrogen) atoms. The number of benzene rings is 2. The Kier molecular flexibility index (Phi) is 15.2. The van der Waals surface area contributed by atoms with E-state index < -0.39 is 59.5 Å². The second-order valence-corrected chi connectivity index (χ2v) is 15.9. The van der Waals surface area contributed by atoms with Crippen LogP contribution >= 0.6 is 15.9 Å². The number of carboxylic acids is 2. The summed E-state index contributed by atoms with van der Waals surface area (Å²) in [6.45, 7) is 9.67. The summed E-state index contributed by atoms with van der Waals surface area (Å²) < 4.78 is 63.6. The maximum absolute atomic E-state index is 13.5. The normalized spacial score (nSPS) is 18.5.